The molecular formula is C21H24ClN3O2. The maximum Gasteiger partial charge on any atom is 0.321 e. The van der Waals surface area contributed by atoms with Crippen molar-refractivity contribution in [3.63, 3.8) is 0 Å². The maximum absolute atomic E-state index is 12.5. The van der Waals surface area contributed by atoms with E-state index in [1.54, 1.807) is 12.1 Å². The van der Waals surface area contributed by atoms with Crippen molar-refractivity contribution < 1.29 is 9.59 Å². The van der Waals surface area contributed by atoms with Gasteiger partial charge in [-0.1, -0.05) is 42.8 Å². The molecule has 0 spiro atoms. The summed E-state index contributed by atoms with van der Waals surface area (Å²) in [7, 11) is 0. The van der Waals surface area contributed by atoms with Crippen LogP contribution in [0.3, 0.4) is 0 Å². The summed E-state index contributed by atoms with van der Waals surface area (Å²) in [6.07, 6.45) is 1.62. The van der Waals surface area contributed by atoms with E-state index < -0.39 is 0 Å². The lowest BCUT2D eigenvalue weighted by Gasteiger charge is -2.34. The van der Waals surface area contributed by atoms with Crippen LogP contribution in [0.2, 0.25) is 5.02 Å². The topological polar surface area (TPSA) is 61.4 Å². The van der Waals surface area contributed by atoms with E-state index in [1.807, 2.05) is 54.3 Å². The lowest BCUT2D eigenvalue weighted by Crippen LogP contribution is -2.43. The van der Waals surface area contributed by atoms with E-state index in [9.17, 15) is 9.59 Å². The van der Waals surface area contributed by atoms with E-state index in [-0.39, 0.29) is 23.8 Å². The van der Waals surface area contributed by atoms with Crippen molar-refractivity contribution in [3.8, 4) is 0 Å². The average Bonchev–Trinajstić information content (AvgIpc) is 2.68. The van der Waals surface area contributed by atoms with Crippen molar-refractivity contribution >= 4 is 34.9 Å². The minimum atomic E-state index is -0.122. The molecule has 3 rings (SSSR count). The number of piperidine rings is 1. The second kappa shape index (κ2) is 8.91. The number of carbonyl (C=O) groups is 2. The summed E-state index contributed by atoms with van der Waals surface area (Å²) in [6, 6.07) is 16.5. The number of hydrogen-bond acceptors (Lipinski definition) is 2. The smallest absolute Gasteiger partial charge is 0.321 e. The van der Waals surface area contributed by atoms with Gasteiger partial charge in [-0.25, -0.2) is 4.79 Å². The van der Waals surface area contributed by atoms with Crippen LogP contribution in [-0.2, 0) is 4.79 Å². The summed E-state index contributed by atoms with van der Waals surface area (Å²) in [5.41, 5.74) is 1.50. The molecule has 2 N–H and O–H groups in total. The molecule has 1 fully saturated rings. The normalized spacial score (nSPS) is 15.9. The number of carbonyl (C=O) groups excluding carboxylic acids is 2. The zero-order chi connectivity index (χ0) is 19.2. The fraction of sp³-hybridized carbons (Fsp3) is 0.333. The minimum Gasteiger partial charge on any atom is -0.326 e. The lowest BCUT2D eigenvalue weighted by atomic mass is 9.85. The van der Waals surface area contributed by atoms with Gasteiger partial charge in [0.25, 0.3) is 0 Å². The number of hydrogen-bond donors (Lipinski definition) is 2. The van der Waals surface area contributed by atoms with Crippen LogP contribution in [0.4, 0.5) is 16.2 Å². The third-order valence-electron chi connectivity index (χ3n) is 5.06. The highest BCUT2D eigenvalue weighted by atomic mass is 35.5. The van der Waals surface area contributed by atoms with Crippen molar-refractivity contribution in [1.82, 2.24) is 4.90 Å². The molecule has 1 atom stereocenters. The molecule has 0 bridgehead atoms. The molecule has 1 aliphatic rings. The van der Waals surface area contributed by atoms with Gasteiger partial charge in [0.05, 0.1) is 0 Å². The highest BCUT2D eigenvalue weighted by Crippen LogP contribution is 2.27. The second-order valence-corrected chi connectivity index (χ2v) is 7.35. The standard InChI is InChI=1S/C21H24ClN3O2/c1-15(20(26)23-19-9-5-6-17(22)14-19)16-10-12-25(13-11-16)21(27)24-18-7-3-2-4-8-18/h2-9,14-16H,10-13H2,1H3,(H,23,26)(H,24,27)/t15-/m1/s1. The number of benzene rings is 2. The number of rotatable bonds is 4. The molecule has 1 aliphatic heterocycles. The van der Waals surface area contributed by atoms with Crippen molar-refractivity contribution in [3.05, 3.63) is 59.6 Å². The van der Waals surface area contributed by atoms with Crippen molar-refractivity contribution in [1.29, 1.82) is 0 Å². The summed E-state index contributed by atoms with van der Waals surface area (Å²) < 4.78 is 0. The fourth-order valence-corrected chi connectivity index (χ4v) is 3.55. The molecule has 27 heavy (non-hydrogen) atoms. The van der Waals surface area contributed by atoms with Gasteiger partial charge >= 0.3 is 6.03 Å². The molecule has 6 heteroatoms. The summed E-state index contributed by atoms with van der Waals surface area (Å²) in [5, 5.41) is 6.44. The van der Waals surface area contributed by atoms with Crippen LogP contribution in [-0.4, -0.2) is 29.9 Å². The molecule has 142 valence electrons. The molecule has 3 amide bonds. The number of nitrogens with one attached hydrogen (secondary N) is 2. The van der Waals surface area contributed by atoms with E-state index in [4.69, 9.17) is 11.6 Å². The SMILES string of the molecule is C[C@@H](C(=O)Nc1cccc(Cl)c1)C1CCN(C(=O)Nc2ccccc2)CC1. The van der Waals surface area contributed by atoms with Gasteiger partial charge in [0, 0.05) is 35.4 Å². The molecule has 0 radical (unpaired) electrons. The van der Waals surface area contributed by atoms with Crippen LogP contribution in [0.25, 0.3) is 0 Å². The Balaban J connectivity index is 1.49. The minimum absolute atomic E-state index is 0.00977. The average molecular weight is 386 g/mol. The van der Waals surface area contributed by atoms with Crippen LogP contribution in [0, 0.1) is 11.8 Å². The zero-order valence-electron chi connectivity index (χ0n) is 15.3. The van der Waals surface area contributed by atoms with E-state index >= 15 is 0 Å². The van der Waals surface area contributed by atoms with E-state index in [0.29, 0.717) is 23.8 Å². The van der Waals surface area contributed by atoms with Crippen LogP contribution in [0.5, 0.6) is 0 Å². The predicted molar refractivity (Wildman–Crippen MR) is 109 cm³/mol. The summed E-state index contributed by atoms with van der Waals surface area (Å²) >= 11 is 5.97. The van der Waals surface area contributed by atoms with E-state index in [1.165, 1.54) is 0 Å². The van der Waals surface area contributed by atoms with Gasteiger partial charge in [0.1, 0.15) is 0 Å². The van der Waals surface area contributed by atoms with Crippen LogP contribution < -0.4 is 10.6 Å². The number of para-hydroxylation sites is 1. The number of amides is 3. The summed E-state index contributed by atoms with van der Waals surface area (Å²) in [5.74, 6) is 0.123. The van der Waals surface area contributed by atoms with Crippen molar-refractivity contribution in [2.75, 3.05) is 23.7 Å². The van der Waals surface area contributed by atoms with Crippen LogP contribution >= 0.6 is 11.6 Å². The number of anilines is 2. The van der Waals surface area contributed by atoms with Gasteiger partial charge in [-0.05, 0) is 49.1 Å². The summed E-state index contributed by atoms with van der Waals surface area (Å²) in [6.45, 7) is 3.25. The molecule has 2 aromatic carbocycles. The first-order chi connectivity index (χ1) is 13.0. The van der Waals surface area contributed by atoms with E-state index in [0.717, 1.165) is 18.5 Å². The van der Waals surface area contributed by atoms with Gasteiger partial charge in [-0.15, -0.1) is 0 Å². The molecule has 0 aliphatic carbocycles. The highest BCUT2D eigenvalue weighted by molar-refractivity contribution is 6.30. The monoisotopic (exact) mass is 385 g/mol. The third-order valence-corrected chi connectivity index (χ3v) is 5.30. The highest BCUT2D eigenvalue weighted by Gasteiger charge is 2.29. The maximum atomic E-state index is 12.5. The Labute approximate surface area is 164 Å². The number of halogens is 1. The first-order valence-electron chi connectivity index (χ1n) is 9.20. The van der Waals surface area contributed by atoms with Gasteiger partial charge in [0.2, 0.25) is 5.91 Å². The predicted octanol–water partition coefficient (Wildman–Crippen LogP) is 4.86. The Bertz CT molecular complexity index is 789. The second-order valence-electron chi connectivity index (χ2n) is 6.91. The number of urea groups is 1. The molecule has 2 aromatic rings. The summed E-state index contributed by atoms with van der Waals surface area (Å²) in [4.78, 5) is 26.7. The third kappa shape index (κ3) is 5.23. The zero-order valence-corrected chi connectivity index (χ0v) is 16.1. The largest absolute Gasteiger partial charge is 0.326 e. The van der Waals surface area contributed by atoms with Crippen molar-refractivity contribution in [2.24, 2.45) is 11.8 Å². The van der Waals surface area contributed by atoms with Crippen molar-refractivity contribution in [2.45, 2.75) is 19.8 Å². The van der Waals surface area contributed by atoms with Crippen LogP contribution in [0.15, 0.2) is 54.6 Å². The first-order valence-corrected chi connectivity index (χ1v) is 9.58. The molecule has 0 saturated carbocycles. The Morgan fingerprint density at radius 1 is 1.00 bits per heavy atom. The van der Waals surface area contributed by atoms with E-state index in [2.05, 4.69) is 10.6 Å². The quantitative estimate of drug-likeness (QED) is 0.789. The molecule has 0 aromatic heterocycles. The Kier molecular flexibility index (Phi) is 6.35. The lowest BCUT2D eigenvalue weighted by molar-refractivity contribution is -0.121. The Hall–Kier alpha value is -2.53. The molecule has 0 unspecified atom stereocenters. The van der Waals surface area contributed by atoms with Crippen LogP contribution in [0.1, 0.15) is 19.8 Å². The number of likely N-dealkylation sites (tertiary alicyclic amines) is 1. The fourth-order valence-electron chi connectivity index (χ4n) is 3.36. The number of nitrogens with zero attached hydrogens (tertiary/aromatic N) is 1. The van der Waals surface area contributed by atoms with Gasteiger partial charge in [-0.2, -0.15) is 0 Å². The molecule has 1 saturated heterocycles. The van der Waals surface area contributed by atoms with Gasteiger partial charge in [-0.3, -0.25) is 4.79 Å². The Morgan fingerprint density at radius 2 is 1.67 bits per heavy atom. The first kappa shape index (κ1) is 19.2. The Morgan fingerprint density at radius 3 is 2.33 bits per heavy atom. The van der Waals surface area contributed by atoms with Gasteiger partial charge < -0.3 is 15.5 Å². The molecule has 5 nitrogen and oxygen atoms in total. The van der Waals surface area contributed by atoms with Gasteiger partial charge in [0.15, 0.2) is 0 Å². The molecular weight excluding hydrogens is 362 g/mol. The molecule has 1 heterocycles.